The van der Waals surface area contributed by atoms with E-state index in [0.717, 1.165) is 4.57 Å². The van der Waals surface area contributed by atoms with Crippen molar-refractivity contribution < 1.29 is 0 Å². The molecule has 0 amide bonds. The summed E-state index contributed by atoms with van der Waals surface area (Å²) in [6.45, 7) is 4.39. The molecule has 0 aliphatic heterocycles. The summed E-state index contributed by atoms with van der Waals surface area (Å²) in [4.78, 5) is 22.7. The molecule has 0 atom stereocenters. The number of rotatable bonds is 2. The molecule has 0 N–H and O–H groups in total. The fourth-order valence-electron chi connectivity index (χ4n) is 1.17. The Morgan fingerprint density at radius 2 is 1.77 bits per heavy atom. The second-order valence-electron chi connectivity index (χ2n) is 2.58. The minimum Gasteiger partial charge on any atom is -0.284 e. The number of halogens is 1. The van der Waals surface area contributed by atoms with Gasteiger partial charge in [0.25, 0.3) is 5.56 Å². The van der Waals surface area contributed by atoms with Gasteiger partial charge in [0.1, 0.15) is 5.15 Å². The lowest BCUT2D eigenvalue weighted by Crippen LogP contribution is -2.38. The molecule has 0 saturated carbocycles. The monoisotopic (exact) mass is 202 g/mol. The van der Waals surface area contributed by atoms with Crippen LogP contribution < -0.4 is 11.2 Å². The standard InChI is InChI=1S/C8H11ClN2O2/c1-3-10-6(9)5-7(12)11(4-2)8(10)13/h5H,3-4H2,1-2H3. The van der Waals surface area contributed by atoms with E-state index in [9.17, 15) is 9.59 Å². The summed E-state index contributed by atoms with van der Waals surface area (Å²) in [6.07, 6.45) is 0. The molecule has 5 heteroatoms. The second-order valence-corrected chi connectivity index (χ2v) is 2.96. The molecule has 0 spiro atoms. The van der Waals surface area contributed by atoms with Gasteiger partial charge in [-0.05, 0) is 13.8 Å². The van der Waals surface area contributed by atoms with Gasteiger partial charge in [-0.15, -0.1) is 0 Å². The molecule has 0 aliphatic rings. The first-order valence-electron chi connectivity index (χ1n) is 4.12. The highest BCUT2D eigenvalue weighted by molar-refractivity contribution is 6.29. The second kappa shape index (κ2) is 3.79. The Balaban J connectivity index is 3.59. The fourth-order valence-corrected chi connectivity index (χ4v) is 1.45. The lowest BCUT2D eigenvalue weighted by Gasteiger charge is -2.07. The van der Waals surface area contributed by atoms with Crippen molar-refractivity contribution in [1.29, 1.82) is 0 Å². The predicted molar refractivity (Wildman–Crippen MR) is 51.3 cm³/mol. The Kier molecular flexibility index (Phi) is 2.93. The molecule has 13 heavy (non-hydrogen) atoms. The zero-order valence-corrected chi connectivity index (χ0v) is 8.34. The smallest absolute Gasteiger partial charge is 0.284 e. The maximum absolute atomic E-state index is 11.5. The first-order chi connectivity index (χ1) is 6.11. The minimum atomic E-state index is -0.345. The van der Waals surface area contributed by atoms with Gasteiger partial charge in [0, 0.05) is 19.2 Å². The van der Waals surface area contributed by atoms with Crippen molar-refractivity contribution in [3.8, 4) is 0 Å². The SMILES string of the molecule is CCn1c(Cl)cc(=O)n(CC)c1=O. The molecule has 0 radical (unpaired) electrons. The van der Waals surface area contributed by atoms with E-state index >= 15 is 0 Å². The van der Waals surface area contributed by atoms with Crippen LogP contribution in [0.3, 0.4) is 0 Å². The van der Waals surface area contributed by atoms with Crippen LogP contribution >= 0.6 is 11.6 Å². The number of aromatic nitrogens is 2. The van der Waals surface area contributed by atoms with Crippen molar-refractivity contribution in [2.24, 2.45) is 0 Å². The largest absolute Gasteiger partial charge is 0.332 e. The average molecular weight is 203 g/mol. The van der Waals surface area contributed by atoms with Gasteiger partial charge >= 0.3 is 5.69 Å². The third kappa shape index (κ3) is 1.67. The van der Waals surface area contributed by atoms with Crippen LogP contribution in [-0.2, 0) is 13.1 Å². The highest BCUT2D eigenvalue weighted by atomic mass is 35.5. The summed E-state index contributed by atoms with van der Waals surface area (Å²) in [5, 5.41) is 0.196. The van der Waals surface area contributed by atoms with Gasteiger partial charge < -0.3 is 0 Å². The first kappa shape index (κ1) is 10.1. The molecule has 1 rings (SSSR count). The Labute approximate surface area is 80.4 Å². The van der Waals surface area contributed by atoms with E-state index in [1.54, 1.807) is 13.8 Å². The summed E-state index contributed by atoms with van der Waals surface area (Å²) in [5.74, 6) is 0. The fraction of sp³-hybridized carbons (Fsp3) is 0.500. The van der Waals surface area contributed by atoms with Crippen LogP contribution in [0.15, 0.2) is 15.7 Å². The molecule has 0 saturated heterocycles. The summed E-state index contributed by atoms with van der Waals surface area (Å²) in [7, 11) is 0. The highest BCUT2D eigenvalue weighted by Crippen LogP contribution is 2.00. The Bertz CT molecular complexity index is 419. The van der Waals surface area contributed by atoms with E-state index in [4.69, 9.17) is 11.6 Å². The molecule has 1 aromatic heterocycles. The summed E-state index contributed by atoms with van der Waals surface area (Å²) >= 11 is 5.71. The van der Waals surface area contributed by atoms with E-state index in [-0.39, 0.29) is 16.4 Å². The molecule has 4 nitrogen and oxygen atoms in total. The van der Waals surface area contributed by atoms with Gasteiger partial charge in [-0.3, -0.25) is 13.9 Å². The van der Waals surface area contributed by atoms with Crippen molar-refractivity contribution in [2.75, 3.05) is 0 Å². The van der Waals surface area contributed by atoms with Crippen LogP contribution in [0.25, 0.3) is 0 Å². The highest BCUT2D eigenvalue weighted by Gasteiger charge is 2.06. The van der Waals surface area contributed by atoms with E-state index in [1.807, 2.05) is 0 Å². The normalized spacial score (nSPS) is 10.4. The Morgan fingerprint density at radius 3 is 2.23 bits per heavy atom. The molecule has 0 aromatic carbocycles. The zero-order chi connectivity index (χ0) is 10.0. The Morgan fingerprint density at radius 1 is 1.23 bits per heavy atom. The number of hydrogen-bond acceptors (Lipinski definition) is 2. The van der Waals surface area contributed by atoms with Gasteiger partial charge in [0.15, 0.2) is 0 Å². The van der Waals surface area contributed by atoms with Gasteiger partial charge in [0.05, 0.1) is 0 Å². The predicted octanol–water partition coefficient (Wildman–Crippen LogP) is 0.703. The van der Waals surface area contributed by atoms with Crippen molar-refractivity contribution in [3.05, 3.63) is 32.1 Å². The van der Waals surface area contributed by atoms with Crippen LogP contribution in [0.1, 0.15) is 13.8 Å². The maximum atomic E-state index is 11.5. The topological polar surface area (TPSA) is 44.0 Å². The molecule has 0 fully saturated rings. The van der Waals surface area contributed by atoms with Gasteiger partial charge in [0.2, 0.25) is 0 Å². The minimum absolute atomic E-state index is 0.196. The van der Waals surface area contributed by atoms with E-state index < -0.39 is 0 Å². The van der Waals surface area contributed by atoms with E-state index in [1.165, 1.54) is 10.6 Å². The van der Waals surface area contributed by atoms with Crippen molar-refractivity contribution in [3.63, 3.8) is 0 Å². The number of hydrogen-bond donors (Lipinski definition) is 0. The molecule has 0 aliphatic carbocycles. The third-order valence-corrected chi connectivity index (χ3v) is 2.17. The lowest BCUT2D eigenvalue weighted by molar-refractivity contribution is 0.588. The van der Waals surface area contributed by atoms with E-state index in [0.29, 0.717) is 13.1 Å². The molecule has 0 bridgehead atoms. The maximum Gasteiger partial charge on any atom is 0.332 e. The molecule has 72 valence electrons. The van der Waals surface area contributed by atoms with Crippen LogP contribution in [0.4, 0.5) is 0 Å². The molecular weight excluding hydrogens is 192 g/mol. The van der Waals surface area contributed by atoms with Crippen molar-refractivity contribution in [2.45, 2.75) is 26.9 Å². The van der Waals surface area contributed by atoms with Crippen molar-refractivity contribution >= 4 is 11.6 Å². The summed E-state index contributed by atoms with van der Waals surface area (Å²) in [5.41, 5.74) is -0.690. The van der Waals surface area contributed by atoms with E-state index in [2.05, 4.69) is 0 Å². The van der Waals surface area contributed by atoms with Gasteiger partial charge in [-0.1, -0.05) is 11.6 Å². The molecule has 1 heterocycles. The van der Waals surface area contributed by atoms with Crippen LogP contribution in [-0.4, -0.2) is 9.13 Å². The molecule has 0 unspecified atom stereocenters. The quantitative estimate of drug-likeness (QED) is 0.663. The number of nitrogens with zero attached hydrogens (tertiary/aromatic N) is 2. The first-order valence-corrected chi connectivity index (χ1v) is 4.49. The van der Waals surface area contributed by atoms with Gasteiger partial charge in [-0.25, -0.2) is 4.79 Å². The zero-order valence-electron chi connectivity index (χ0n) is 7.58. The lowest BCUT2D eigenvalue weighted by atomic mass is 10.5. The molecular formula is C8H11ClN2O2. The summed E-state index contributed by atoms with van der Waals surface area (Å²) < 4.78 is 2.50. The van der Waals surface area contributed by atoms with Gasteiger partial charge in [-0.2, -0.15) is 0 Å². The summed E-state index contributed by atoms with van der Waals surface area (Å²) in [6, 6.07) is 1.26. The third-order valence-electron chi connectivity index (χ3n) is 1.86. The Hall–Kier alpha value is -1.03. The average Bonchev–Trinajstić information content (AvgIpc) is 2.04. The molecule has 1 aromatic rings. The van der Waals surface area contributed by atoms with Crippen LogP contribution in [0.5, 0.6) is 0 Å². The van der Waals surface area contributed by atoms with Crippen molar-refractivity contribution in [1.82, 2.24) is 9.13 Å². The van der Waals surface area contributed by atoms with Crippen LogP contribution in [0.2, 0.25) is 5.15 Å². The van der Waals surface area contributed by atoms with Crippen LogP contribution in [0, 0.1) is 0 Å².